The van der Waals surface area contributed by atoms with Crippen molar-refractivity contribution in [2.45, 2.75) is 12.5 Å². The standard InChI is InChI=1S/C8H14N2O4/c9-6-5-7(12)10(8(6)13)1-3-14-4-2-11/h6,11H,1-5,9H2/t6-/m0/s1. The molecule has 1 rings (SSSR count). The van der Waals surface area contributed by atoms with Crippen LogP contribution in [0.2, 0.25) is 0 Å². The minimum absolute atomic E-state index is 0.0680. The van der Waals surface area contributed by atoms with E-state index in [9.17, 15) is 9.59 Å². The second-order valence-corrected chi connectivity index (χ2v) is 3.03. The molecule has 2 amide bonds. The lowest BCUT2D eigenvalue weighted by molar-refractivity contribution is -0.139. The van der Waals surface area contributed by atoms with E-state index < -0.39 is 6.04 Å². The van der Waals surface area contributed by atoms with E-state index in [0.29, 0.717) is 0 Å². The molecule has 1 saturated heterocycles. The van der Waals surface area contributed by atoms with Gasteiger partial charge >= 0.3 is 0 Å². The molecule has 1 atom stereocenters. The van der Waals surface area contributed by atoms with E-state index in [-0.39, 0.29) is 44.6 Å². The first-order valence-corrected chi connectivity index (χ1v) is 4.45. The number of amides is 2. The molecule has 0 radical (unpaired) electrons. The second-order valence-electron chi connectivity index (χ2n) is 3.03. The lowest BCUT2D eigenvalue weighted by Gasteiger charge is -2.13. The highest BCUT2D eigenvalue weighted by molar-refractivity contribution is 6.05. The zero-order chi connectivity index (χ0) is 10.6. The maximum absolute atomic E-state index is 11.3. The molecular weight excluding hydrogens is 188 g/mol. The van der Waals surface area contributed by atoms with Crippen molar-refractivity contribution in [1.82, 2.24) is 4.90 Å². The average molecular weight is 202 g/mol. The number of likely N-dealkylation sites (tertiary alicyclic amines) is 1. The Morgan fingerprint density at radius 2 is 2.21 bits per heavy atom. The topological polar surface area (TPSA) is 92.9 Å². The largest absolute Gasteiger partial charge is 0.394 e. The normalized spacial score (nSPS) is 22.1. The van der Waals surface area contributed by atoms with Gasteiger partial charge in [-0.2, -0.15) is 0 Å². The second kappa shape index (κ2) is 5.04. The Morgan fingerprint density at radius 3 is 2.71 bits per heavy atom. The van der Waals surface area contributed by atoms with Crippen LogP contribution in [0.25, 0.3) is 0 Å². The summed E-state index contributed by atoms with van der Waals surface area (Å²) in [6, 6.07) is -0.694. The van der Waals surface area contributed by atoms with Gasteiger partial charge in [-0.05, 0) is 0 Å². The molecule has 0 aromatic carbocycles. The molecule has 1 fully saturated rings. The highest BCUT2D eigenvalue weighted by Gasteiger charge is 2.35. The first-order valence-electron chi connectivity index (χ1n) is 4.45. The van der Waals surface area contributed by atoms with Crippen LogP contribution < -0.4 is 5.73 Å². The van der Waals surface area contributed by atoms with Gasteiger partial charge in [0.2, 0.25) is 11.8 Å². The zero-order valence-electron chi connectivity index (χ0n) is 7.81. The summed E-state index contributed by atoms with van der Waals surface area (Å²) < 4.78 is 4.94. The Balaban J connectivity index is 2.30. The summed E-state index contributed by atoms with van der Waals surface area (Å²) in [4.78, 5) is 23.5. The quantitative estimate of drug-likeness (QED) is 0.400. The summed E-state index contributed by atoms with van der Waals surface area (Å²) >= 11 is 0. The maximum atomic E-state index is 11.3. The Morgan fingerprint density at radius 1 is 1.50 bits per heavy atom. The van der Waals surface area contributed by atoms with Gasteiger partial charge in [0.1, 0.15) is 0 Å². The van der Waals surface area contributed by atoms with Crippen LogP contribution in [-0.2, 0) is 14.3 Å². The summed E-state index contributed by atoms with van der Waals surface area (Å²) in [7, 11) is 0. The number of nitrogens with zero attached hydrogens (tertiary/aromatic N) is 1. The maximum Gasteiger partial charge on any atom is 0.246 e. The van der Waals surface area contributed by atoms with Gasteiger partial charge in [-0.3, -0.25) is 14.5 Å². The van der Waals surface area contributed by atoms with Crippen LogP contribution in [0.5, 0.6) is 0 Å². The fourth-order valence-electron chi connectivity index (χ4n) is 1.27. The molecular formula is C8H14N2O4. The molecule has 1 aliphatic rings. The summed E-state index contributed by atoms with van der Waals surface area (Å²) in [6.07, 6.45) is 0.0822. The molecule has 6 heteroatoms. The molecule has 0 unspecified atom stereocenters. The van der Waals surface area contributed by atoms with E-state index in [2.05, 4.69) is 0 Å². The number of hydrogen-bond acceptors (Lipinski definition) is 5. The number of nitrogens with two attached hydrogens (primary N) is 1. The predicted molar refractivity (Wildman–Crippen MR) is 47.2 cm³/mol. The molecule has 6 nitrogen and oxygen atoms in total. The zero-order valence-corrected chi connectivity index (χ0v) is 7.81. The fourth-order valence-corrected chi connectivity index (χ4v) is 1.27. The van der Waals surface area contributed by atoms with Gasteiger partial charge in [0.05, 0.1) is 38.8 Å². The van der Waals surface area contributed by atoms with Crippen LogP contribution in [0.4, 0.5) is 0 Å². The number of aliphatic hydroxyl groups excluding tert-OH is 1. The molecule has 0 aliphatic carbocycles. The molecule has 0 saturated carbocycles. The average Bonchev–Trinajstić information content (AvgIpc) is 2.38. The first kappa shape index (κ1) is 11.1. The fraction of sp³-hybridized carbons (Fsp3) is 0.750. The molecule has 0 bridgehead atoms. The minimum atomic E-state index is -0.694. The molecule has 1 heterocycles. The highest BCUT2D eigenvalue weighted by atomic mass is 16.5. The van der Waals surface area contributed by atoms with Crippen molar-refractivity contribution in [2.24, 2.45) is 5.73 Å². The van der Waals surface area contributed by atoms with Crippen LogP contribution in [0.3, 0.4) is 0 Å². The number of imide groups is 1. The molecule has 3 N–H and O–H groups in total. The highest BCUT2D eigenvalue weighted by Crippen LogP contribution is 2.10. The van der Waals surface area contributed by atoms with Crippen LogP contribution >= 0.6 is 0 Å². The van der Waals surface area contributed by atoms with Gasteiger partial charge < -0.3 is 15.6 Å². The summed E-state index contributed by atoms with van der Waals surface area (Å²) in [5.41, 5.74) is 5.40. The van der Waals surface area contributed by atoms with Crippen LogP contribution in [0, 0.1) is 0 Å². The van der Waals surface area contributed by atoms with Crippen molar-refractivity contribution in [3.8, 4) is 0 Å². The number of hydrogen-bond donors (Lipinski definition) is 2. The summed E-state index contributed by atoms with van der Waals surface area (Å²) in [6.45, 7) is 0.597. The smallest absolute Gasteiger partial charge is 0.246 e. The Bertz CT molecular complexity index is 231. The molecule has 14 heavy (non-hydrogen) atoms. The van der Waals surface area contributed by atoms with E-state index >= 15 is 0 Å². The van der Waals surface area contributed by atoms with Gasteiger partial charge in [0.15, 0.2) is 0 Å². The van der Waals surface area contributed by atoms with E-state index in [4.69, 9.17) is 15.6 Å². The molecule has 0 spiro atoms. The number of ether oxygens (including phenoxy) is 1. The van der Waals surface area contributed by atoms with Crippen molar-refractivity contribution in [3.05, 3.63) is 0 Å². The van der Waals surface area contributed by atoms with Gasteiger partial charge in [-0.25, -0.2) is 0 Å². The predicted octanol–water partition coefficient (Wildman–Crippen LogP) is -1.92. The van der Waals surface area contributed by atoms with Crippen molar-refractivity contribution < 1.29 is 19.4 Å². The van der Waals surface area contributed by atoms with E-state index in [1.165, 1.54) is 0 Å². The van der Waals surface area contributed by atoms with E-state index in [1.807, 2.05) is 0 Å². The SMILES string of the molecule is N[C@H]1CC(=O)N(CCOCCO)C1=O. The van der Waals surface area contributed by atoms with Gasteiger partial charge in [0, 0.05) is 0 Å². The van der Waals surface area contributed by atoms with Crippen molar-refractivity contribution in [1.29, 1.82) is 0 Å². The monoisotopic (exact) mass is 202 g/mol. The van der Waals surface area contributed by atoms with Crippen LogP contribution in [-0.4, -0.2) is 54.2 Å². The van der Waals surface area contributed by atoms with Gasteiger partial charge in [-0.15, -0.1) is 0 Å². The molecule has 0 aromatic heterocycles. The van der Waals surface area contributed by atoms with Gasteiger partial charge in [-0.1, -0.05) is 0 Å². The third-order valence-corrected chi connectivity index (χ3v) is 1.97. The third kappa shape index (κ3) is 2.50. The van der Waals surface area contributed by atoms with E-state index in [0.717, 1.165) is 4.90 Å². The minimum Gasteiger partial charge on any atom is -0.394 e. The van der Waals surface area contributed by atoms with Crippen molar-refractivity contribution in [2.75, 3.05) is 26.4 Å². The van der Waals surface area contributed by atoms with E-state index in [1.54, 1.807) is 0 Å². The first-order chi connectivity index (χ1) is 6.66. The number of carbonyl (C=O) groups is 2. The Kier molecular flexibility index (Phi) is 3.99. The lowest BCUT2D eigenvalue weighted by atomic mass is 10.3. The van der Waals surface area contributed by atoms with Crippen LogP contribution in [0.15, 0.2) is 0 Å². The van der Waals surface area contributed by atoms with Crippen LogP contribution in [0.1, 0.15) is 6.42 Å². The Hall–Kier alpha value is -0.980. The van der Waals surface area contributed by atoms with Gasteiger partial charge in [0.25, 0.3) is 0 Å². The molecule has 80 valence electrons. The Labute approximate surface area is 81.6 Å². The van der Waals surface area contributed by atoms with Crippen molar-refractivity contribution in [3.63, 3.8) is 0 Å². The lowest BCUT2D eigenvalue weighted by Crippen LogP contribution is -2.37. The number of rotatable bonds is 5. The molecule has 1 aliphatic heterocycles. The summed E-state index contributed by atoms with van der Waals surface area (Å²) in [5, 5.41) is 8.41. The third-order valence-electron chi connectivity index (χ3n) is 1.97. The summed E-state index contributed by atoms with van der Waals surface area (Å²) in [5.74, 6) is -0.599. The molecule has 0 aromatic rings. The van der Waals surface area contributed by atoms with Crippen molar-refractivity contribution >= 4 is 11.8 Å². The number of carbonyl (C=O) groups excluding carboxylic acids is 2. The number of aliphatic hydroxyl groups is 1.